The van der Waals surface area contributed by atoms with Gasteiger partial charge in [0, 0.05) is 17.7 Å². The van der Waals surface area contributed by atoms with E-state index in [9.17, 15) is 0 Å². The lowest BCUT2D eigenvalue weighted by Crippen LogP contribution is -1.95. The molecular formula is C14H17N3O2. The summed E-state index contributed by atoms with van der Waals surface area (Å²) < 4.78 is 10.5. The molecule has 0 unspecified atom stereocenters. The van der Waals surface area contributed by atoms with Gasteiger partial charge < -0.3 is 15.0 Å². The van der Waals surface area contributed by atoms with Crippen LogP contribution in [0.2, 0.25) is 0 Å². The number of methoxy groups -OCH3 is 1. The molecule has 0 amide bonds. The average molecular weight is 259 g/mol. The topological polar surface area (TPSA) is 74.2 Å². The highest BCUT2D eigenvalue weighted by molar-refractivity contribution is 5.71. The van der Waals surface area contributed by atoms with Crippen molar-refractivity contribution in [3.8, 4) is 17.2 Å². The molecule has 0 spiro atoms. The summed E-state index contributed by atoms with van der Waals surface area (Å²) >= 11 is 0. The molecule has 0 atom stereocenters. The van der Waals surface area contributed by atoms with E-state index in [-0.39, 0.29) is 0 Å². The Balaban J connectivity index is 1.89. The van der Waals surface area contributed by atoms with Crippen molar-refractivity contribution in [2.75, 3.05) is 12.8 Å². The monoisotopic (exact) mass is 259 g/mol. The number of benzene rings is 1. The molecule has 1 aliphatic rings. The fourth-order valence-corrected chi connectivity index (χ4v) is 2.56. The van der Waals surface area contributed by atoms with Gasteiger partial charge in [0.05, 0.1) is 12.7 Å². The van der Waals surface area contributed by atoms with E-state index in [2.05, 4.69) is 10.1 Å². The van der Waals surface area contributed by atoms with E-state index in [4.69, 9.17) is 15.0 Å². The van der Waals surface area contributed by atoms with Crippen molar-refractivity contribution in [3.05, 3.63) is 24.0 Å². The van der Waals surface area contributed by atoms with Crippen LogP contribution in [0, 0.1) is 0 Å². The first-order valence-corrected chi connectivity index (χ1v) is 6.55. The van der Waals surface area contributed by atoms with E-state index in [1.807, 2.05) is 12.1 Å². The number of anilines is 1. The summed E-state index contributed by atoms with van der Waals surface area (Å²) in [6.45, 7) is 0. The van der Waals surface area contributed by atoms with Crippen molar-refractivity contribution >= 4 is 5.69 Å². The molecule has 19 heavy (non-hydrogen) atoms. The fraction of sp³-hybridized carbons (Fsp3) is 0.429. The molecule has 0 bridgehead atoms. The molecule has 1 heterocycles. The van der Waals surface area contributed by atoms with Crippen LogP contribution in [0.1, 0.15) is 37.4 Å². The molecule has 1 fully saturated rings. The molecule has 1 aromatic heterocycles. The summed E-state index contributed by atoms with van der Waals surface area (Å²) in [6.07, 6.45) is 4.80. The minimum atomic E-state index is 0.442. The number of nitrogens with zero attached hydrogens (tertiary/aromatic N) is 2. The Morgan fingerprint density at radius 3 is 2.79 bits per heavy atom. The van der Waals surface area contributed by atoms with Crippen LogP contribution in [0.3, 0.4) is 0 Å². The average Bonchev–Trinajstić information content (AvgIpc) is 3.09. The summed E-state index contributed by atoms with van der Waals surface area (Å²) in [6, 6.07) is 5.44. The van der Waals surface area contributed by atoms with Gasteiger partial charge in [-0.05, 0) is 25.0 Å². The standard InChI is InChI=1S/C14H17N3O2/c1-18-10-6-7-11(12(15)8-10)14-16-13(17-19-14)9-4-2-3-5-9/h6-9H,2-5,15H2,1H3. The molecular weight excluding hydrogens is 242 g/mol. The zero-order valence-corrected chi connectivity index (χ0v) is 10.9. The lowest BCUT2D eigenvalue weighted by Gasteiger charge is -2.04. The Bertz CT molecular complexity index is 574. The van der Waals surface area contributed by atoms with Gasteiger partial charge in [-0.3, -0.25) is 0 Å². The predicted molar refractivity (Wildman–Crippen MR) is 71.9 cm³/mol. The van der Waals surface area contributed by atoms with E-state index in [1.54, 1.807) is 13.2 Å². The third-order valence-electron chi connectivity index (χ3n) is 3.65. The quantitative estimate of drug-likeness (QED) is 0.858. The first-order valence-electron chi connectivity index (χ1n) is 6.55. The van der Waals surface area contributed by atoms with Gasteiger partial charge in [-0.15, -0.1) is 0 Å². The fourth-order valence-electron chi connectivity index (χ4n) is 2.56. The van der Waals surface area contributed by atoms with Crippen molar-refractivity contribution in [2.24, 2.45) is 0 Å². The lowest BCUT2D eigenvalue weighted by atomic mass is 10.1. The molecule has 1 saturated carbocycles. The van der Waals surface area contributed by atoms with Gasteiger partial charge in [-0.25, -0.2) is 0 Å². The Kier molecular flexibility index (Phi) is 3.11. The maximum absolute atomic E-state index is 5.98. The second-order valence-electron chi connectivity index (χ2n) is 4.89. The Labute approximate surface area is 111 Å². The zero-order valence-electron chi connectivity index (χ0n) is 10.9. The third-order valence-corrected chi connectivity index (χ3v) is 3.65. The Hall–Kier alpha value is -2.04. The first-order chi connectivity index (χ1) is 9.28. The highest BCUT2D eigenvalue weighted by Crippen LogP contribution is 2.34. The van der Waals surface area contributed by atoms with Gasteiger partial charge in [-0.1, -0.05) is 18.0 Å². The van der Waals surface area contributed by atoms with Crippen LogP contribution >= 0.6 is 0 Å². The van der Waals surface area contributed by atoms with Gasteiger partial charge in [0.15, 0.2) is 5.82 Å². The van der Waals surface area contributed by atoms with Gasteiger partial charge in [0.2, 0.25) is 0 Å². The second kappa shape index (κ2) is 4.91. The number of hydrogen-bond donors (Lipinski definition) is 1. The maximum Gasteiger partial charge on any atom is 0.260 e. The van der Waals surface area contributed by atoms with E-state index >= 15 is 0 Å². The zero-order chi connectivity index (χ0) is 13.2. The molecule has 2 aromatic rings. The van der Waals surface area contributed by atoms with E-state index in [0.29, 0.717) is 17.5 Å². The van der Waals surface area contributed by atoms with Crippen molar-refractivity contribution in [1.29, 1.82) is 0 Å². The molecule has 100 valence electrons. The lowest BCUT2D eigenvalue weighted by molar-refractivity contribution is 0.413. The molecule has 1 aromatic carbocycles. The highest BCUT2D eigenvalue weighted by Gasteiger charge is 2.23. The Morgan fingerprint density at radius 1 is 1.32 bits per heavy atom. The van der Waals surface area contributed by atoms with Crippen LogP contribution in [0.15, 0.2) is 22.7 Å². The van der Waals surface area contributed by atoms with Crippen LogP contribution in [-0.2, 0) is 0 Å². The van der Waals surface area contributed by atoms with E-state index in [1.165, 1.54) is 12.8 Å². The van der Waals surface area contributed by atoms with Crippen LogP contribution in [0.25, 0.3) is 11.5 Å². The minimum Gasteiger partial charge on any atom is -0.497 e. The smallest absolute Gasteiger partial charge is 0.260 e. The molecule has 0 radical (unpaired) electrons. The minimum absolute atomic E-state index is 0.442. The number of hydrogen-bond acceptors (Lipinski definition) is 5. The molecule has 5 nitrogen and oxygen atoms in total. The Morgan fingerprint density at radius 2 is 2.11 bits per heavy atom. The molecule has 3 rings (SSSR count). The van der Waals surface area contributed by atoms with E-state index < -0.39 is 0 Å². The summed E-state index contributed by atoms with van der Waals surface area (Å²) in [5.74, 6) is 2.46. The van der Waals surface area contributed by atoms with Gasteiger partial charge >= 0.3 is 0 Å². The number of aromatic nitrogens is 2. The summed E-state index contributed by atoms with van der Waals surface area (Å²) in [7, 11) is 1.61. The second-order valence-corrected chi connectivity index (χ2v) is 4.89. The largest absolute Gasteiger partial charge is 0.497 e. The summed E-state index contributed by atoms with van der Waals surface area (Å²) in [5.41, 5.74) is 7.33. The predicted octanol–water partition coefficient (Wildman–Crippen LogP) is 2.99. The van der Waals surface area contributed by atoms with Gasteiger partial charge in [0.25, 0.3) is 5.89 Å². The third kappa shape index (κ3) is 2.28. The highest BCUT2D eigenvalue weighted by atomic mass is 16.5. The molecule has 2 N–H and O–H groups in total. The van der Waals surface area contributed by atoms with Crippen molar-refractivity contribution in [2.45, 2.75) is 31.6 Å². The molecule has 5 heteroatoms. The first kappa shape index (κ1) is 12.0. The van der Waals surface area contributed by atoms with Crippen LogP contribution < -0.4 is 10.5 Å². The van der Waals surface area contributed by atoms with Gasteiger partial charge in [0.1, 0.15) is 5.75 Å². The summed E-state index contributed by atoms with van der Waals surface area (Å²) in [4.78, 5) is 4.48. The normalized spacial score (nSPS) is 15.8. The maximum atomic E-state index is 5.98. The molecule has 0 aliphatic heterocycles. The van der Waals surface area contributed by atoms with Crippen LogP contribution in [0.5, 0.6) is 5.75 Å². The number of nitrogens with two attached hydrogens (primary N) is 1. The van der Waals surface area contributed by atoms with Crippen LogP contribution in [-0.4, -0.2) is 17.3 Å². The molecule has 1 aliphatic carbocycles. The van der Waals surface area contributed by atoms with Crippen LogP contribution in [0.4, 0.5) is 5.69 Å². The summed E-state index contributed by atoms with van der Waals surface area (Å²) in [5, 5.41) is 4.09. The van der Waals surface area contributed by atoms with Gasteiger partial charge in [-0.2, -0.15) is 4.98 Å². The number of nitrogen functional groups attached to an aromatic ring is 1. The van der Waals surface area contributed by atoms with Crippen molar-refractivity contribution in [1.82, 2.24) is 10.1 Å². The van der Waals surface area contributed by atoms with Crippen molar-refractivity contribution < 1.29 is 9.26 Å². The van der Waals surface area contributed by atoms with Crippen molar-refractivity contribution in [3.63, 3.8) is 0 Å². The van der Waals surface area contributed by atoms with E-state index in [0.717, 1.165) is 30.0 Å². The number of ether oxygens (including phenoxy) is 1. The number of rotatable bonds is 3. The SMILES string of the molecule is COc1ccc(-c2nc(C3CCCC3)no2)c(N)c1. The molecule has 0 saturated heterocycles.